The van der Waals surface area contributed by atoms with Crippen molar-refractivity contribution in [3.05, 3.63) is 36.4 Å². The lowest BCUT2D eigenvalue weighted by molar-refractivity contribution is -0.132. The molecule has 5 nitrogen and oxygen atoms in total. The molecule has 1 aromatic carbocycles. The smallest absolute Gasteiger partial charge is 0.226 e. The number of piperazine rings is 1. The maximum Gasteiger partial charge on any atom is 0.226 e. The summed E-state index contributed by atoms with van der Waals surface area (Å²) < 4.78 is 5.52. The Morgan fingerprint density at radius 3 is 2.67 bits per heavy atom. The summed E-state index contributed by atoms with van der Waals surface area (Å²) in [7, 11) is 1.73. The van der Waals surface area contributed by atoms with E-state index in [9.17, 15) is 4.79 Å². The Balaban J connectivity index is 1.53. The number of anilines is 1. The van der Waals surface area contributed by atoms with E-state index in [0.717, 1.165) is 57.9 Å². The fourth-order valence-corrected chi connectivity index (χ4v) is 4.18. The van der Waals surface area contributed by atoms with Crippen LogP contribution in [0.25, 0.3) is 0 Å². The van der Waals surface area contributed by atoms with Gasteiger partial charge in [0.2, 0.25) is 5.91 Å². The molecular formula is C22H33N3O2. The number of benzene rings is 1. The molecule has 1 aromatic rings. The molecule has 148 valence electrons. The second-order valence-corrected chi connectivity index (χ2v) is 7.41. The van der Waals surface area contributed by atoms with E-state index in [1.807, 2.05) is 18.2 Å². The largest absolute Gasteiger partial charge is 0.495 e. The van der Waals surface area contributed by atoms with Crippen molar-refractivity contribution in [1.82, 2.24) is 9.80 Å². The number of allylic oxidation sites excluding steroid dienone is 1. The Hall–Kier alpha value is -2.01. The molecule has 2 aliphatic rings. The van der Waals surface area contributed by atoms with Crippen LogP contribution in [0.1, 0.15) is 32.6 Å². The molecule has 27 heavy (non-hydrogen) atoms. The Morgan fingerprint density at radius 1 is 1.15 bits per heavy atom. The third-order valence-corrected chi connectivity index (χ3v) is 5.70. The molecule has 2 heterocycles. The van der Waals surface area contributed by atoms with Crippen molar-refractivity contribution in [3.63, 3.8) is 0 Å². The number of carbonyl (C=O) groups is 1. The Bertz CT molecular complexity index is 638. The summed E-state index contributed by atoms with van der Waals surface area (Å²) in [6.45, 7) is 7.99. The predicted octanol–water partition coefficient (Wildman–Crippen LogP) is 3.16. The molecule has 2 saturated heterocycles. The van der Waals surface area contributed by atoms with Crippen molar-refractivity contribution in [2.45, 2.75) is 38.6 Å². The van der Waals surface area contributed by atoms with Gasteiger partial charge >= 0.3 is 0 Å². The number of hydrogen-bond donors (Lipinski definition) is 0. The molecule has 5 heteroatoms. The first-order chi connectivity index (χ1) is 13.2. The lowest BCUT2D eigenvalue weighted by Crippen LogP contribution is -2.55. The van der Waals surface area contributed by atoms with Crippen molar-refractivity contribution >= 4 is 11.6 Å². The predicted molar refractivity (Wildman–Crippen MR) is 110 cm³/mol. The highest BCUT2D eigenvalue weighted by Crippen LogP contribution is 2.29. The fourth-order valence-electron chi connectivity index (χ4n) is 4.18. The first-order valence-electron chi connectivity index (χ1n) is 10.3. The molecule has 0 spiro atoms. The Kier molecular flexibility index (Phi) is 7.16. The van der Waals surface area contributed by atoms with Crippen LogP contribution in [0.2, 0.25) is 0 Å². The molecule has 0 aromatic heterocycles. The summed E-state index contributed by atoms with van der Waals surface area (Å²) in [5.74, 6) is 1.22. The number of nitrogens with zero attached hydrogens (tertiary/aromatic N) is 3. The van der Waals surface area contributed by atoms with Gasteiger partial charge in [0.05, 0.1) is 12.8 Å². The molecule has 0 bridgehead atoms. The van der Waals surface area contributed by atoms with Crippen molar-refractivity contribution < 1.29 is 9.53 Å². The fraction of sp³-hybridized carbons (Fsp3) is 0.591. The van der Waals surface area contributed by atoms with Gasteiger partial charge in [0.15, 0.2) is 0 Å². The Labute approximate surface area is 163 Å². The zero-order valence-corrected chi connectivity index (χ0v) is 16.8. The van der Waals surface area contributed by atoms with Gasteiger partial charge in [-0.25, -0.2) is 0 Å². The minimum atomic E-state index is 0.275. The molecule has 0 radical (unpaired) electrons. The van der Waals surface area contributed by atoms with E-state index >= 15 is 0 Å². The van der Waals surface area contributed by atoms with Crippen LogP contribution in [0, 0.1) is 0 Å². The zero-order chi connectivity index (χ0) is 19.1. The minimum absolute atomic E-state index is 0.275. The molecule has 1 amide bonds. The number of hydrogen-bond acceptors (Lipinski definition) is 4. The van der Waals surface area contributed by atoms with E-state index in [0.29, 0.717) is 12.5 Å². The maximum atomic E-state index is 12.4. The van der Waals surface area contributed by atoms with Crippen LogP contribution in [0.5, 0.6) is 5.75 Å². The van der Waals surface area contributed by atoms with Crippen LogP contribution >= 0.6 is 0 Å². The van der Waals surface area contributed by atoms with Crippen molar-refractivity contribution in [2.75, 3.05) is 51.3 Å². The quantitative estimate of drug-likeness (QED) is 0.720. The van der Waals surface area contributed by atoms with Gasteiger partial charge in [-0.3, -0.25) is 9.69 Å². The lowest BCUT2D eigenvalue weighted by atomic mass is 10.0. The summed E-state index contributed by atoms with van der Waals surface area (Å²) in [5.41, 5.74) is 1.18. The summed E-state index contributed by atoms with van der Waals surface area (Å²) in [6.07, 6.45) is 7.94. The van der Waals surface area contributed by atoms with Crippen LogP contribution in [0.4, 0.5) is 5.69 Å². The first kappa shape index (κ1) is 19.7. The molecule has 0 N–H and O–H groups in total. The molecule has 1 atom stereocenters. The number of methoxy groups -OCH3 is 1. The zero-order valence-electron chi connectivity index (χ0n) is 16.8. The second kappa shape index (κ2) is 9.79. The van der Waals surface area contributed by atoms with Gasteiger partial charge in [0.25, 0.3) is 0 Å². The maximum absolute atomic E-state index is 12.4. The monoisotopic (exact) mass is 371 g/mol. The van der Waals surface area contributed by atoms with Crippen LogP contribution in [-0.2, 0) is 4.79 Å². The number of amides is 1. The molecule has 2 fully saturated rings. The van der Waals surface area contributed by atoms with Crippen molar-refractivity contribution in [3.8, 4) is 5.75 Å². The first-order valence-corrected chi connectivity index (χ1v) is 10.3. The number of piperidine rings is 1. The highest BCUT2D eigenvalue weighted by atomic mass is 16.5. The molecule has 0 saturated carbocycles. The topological polar surface area (TPSA) is 36.0 Å². The van der Waals surface area contributed by atoms with E-state index in [2.05, 4.69) is 39.8 Å². The van der Waals surface area contributed by atoms with Gasteiger partial charge in [-0.15, -0.1) is 0 Å². The highest BCUT2D eigenvalue weighted by molar-refractivity contribution is 5.77. The normalized spacial score (nSPS) is 21.6. The second-order valence-electron chi connectivity index (χ2n) is 7.41. The van der Waals surface area contributed by atoms with Gasteiger partial charge in [-0.05, 0) is 31.4 Å². The van der Waals surface area contributed by atoms with E-state index in [1.165, 1.54) is 12.1 Å². The standard InChI is InChI=1S/C22H33N3O2/c1-3-4-5-12-22(26)25-13-8-9-19(18-25)23-14-16-24(17-15-23)20-10-6-7-11-21(20)27-2/h4-7,10-11,19H,3,8-9,12-18H2,1-2H3/b5-4+/t19-/m0/s1. The van der Waals surface area contributed by atoms with E-state index in [1.54, 1.807) is 7.11 Å². The van der Waals surface area contributed by atoms with Gasteiger partial charge in [-0.2, -0.15) is 0 Å². The number of carbonyl (C=O) groups excluding carboxylic acids is 1. The van der Waals surface area contributed by atoms with Crippen molar-refractivity contribution in [2.24, 2.45) is 0 Å². The number of ether oxygens (including phenoxy) is 1. The number of para-hydroxylation sites is 2. The van der Waals surface area contributed by atoms with Gasteiger partial charge < -0.3 is 14.5 Å². The van der Waals surface area contributed by atoms with Gasteiger partial charge in [0, 0.05) is 51.7 Å². The third-order valence-electron chi connectivity index (χ3n) is 5.70. The number of likely N-dealkylation sites (tertiary alicyclic amines) is 1. The van der Waals surface area contributed by atoms with Crippen LogP contribution < -0.4 is 9.64 Å². The molecule has 0 unspecified atom stereocenters. The SMILES string of the molecule is CC/C=C/CC(=O)N1CCC[C@H](N2CCN(c3ccccc3OC)CC2)C1. The van der Waals surface area contributed by atoms with E-state index < -0.39 is 0 Å². The number of rotatable bonds is 6. The van der Waals surface area contributed by atoms with Crippen LogP contribution in [0.15, 0.2) is 36.4 Å². The van der Waals surface area contributed by atoms with Gasteiger partial charge in [-0.1, -0.05) is 31.2 Å². The van der Waals surface area contributed by atoms with Crippen molar-refractivity contribution in [1.29, 1.82) is 0 Å². The third kappa shape index (κ3) is 5.04. The summed E-state index contributed by atoms with van der Waals surface area (Å²) >= 11 is 0. The molecule has 0 aliphatic carbocycles. The summed E-state index contributed by atoms with van der Waals surface area (Å²) in [5, 5.41) is 0. The van der Waals surface area contributed by atoms with Crippen LogP contribution in [-0.4, -0.2) is 68.1 Å². The average Bonchev–Trinajstić information content (AvgIpc) is 2.74. The van der Waals surface area contributed by atoms with Gasteiger partial charge in [0.1, 0.15) is 5.75 Å². The lowest BCUT2D eigenvalue weighted by Gasteiger charge is -2.44. The van der Waals surface area contributed by atoms with E-state index in [4.69, 9.17) is 4.74 Å². The summed E-state index contributed by atoms with van der Waals surface area (Å²) in [4.78, 5) is 19.5. The van der Waals surface area contributed by atoms with E-state index in [-0.39, 0.29) is 5.91 Å². The molecular weight excluding hydrogens is 338 g/mol. The minimum Gasteiger partial charge on any atom is -0.495 e. The average molecular weight is 372 g/mol. The van der Waals surface area contributed by atoms with Crippen LogP contribution in [0.3, 0.4) is 0 Å². The molecule has 3 rings (SSSR count). The Morgan fingerprint density at radius 2 is 1.93 bits per heavy atom. The highest BCUT2D eigenvalue weighted by Gasteiger charge is 2.30. The summed E-state index contributed by atoms with van der Waals surface area (Å²) in [6, 6.07) is 8.75. The molecule has 2 aliphatic heterocycles.